The van der Waals surface area contributed by atoms with E-state index < -0.39 is 0 Å². The molecular weight excluding hydrogens is 254 g/mol. The van der Waals surface area contributed by atoms with Crippen molar-refractivity contribution in [1.82, 2.24) is 15.2 Å². The molecule has 0 saturated carbocycles. The predicted molar refractivity (Wildman–Crippen MR) is 73.8 cm³/mol. The zero-order valence-electron chi connectivity index (χ0n) is 10.4. The van der Waals surface area contributed by atoms with Crippen molar-refractivity contribution in [1.29, 1.82) is 0 Å². The van der Waals surface area contributed by atoms with Gasteiger partial charge in [0, 0.05) is 0 Å². The summed E-state index contributed by atoms with van der Waals surface area (Å²) in [5.41, 5.74) is 0. The maximum Gasteiger partial charge on any atom is 0.113 e. The fraction of sp³-hybridized carbons (Fsp3) is 0.750. The van der Waals surface area contributed by atoms with Gasteiger partial charge in [0.05, 0.1) is 12.2 Å². The van der Waals surface area contributed by atoms with Crippen molar-refractivity contribution in [3.63, 3.8) is 0 Å². The van der Waals surface area contributed by atoms with Crippen LogP contribution in [0.3, 0.4) is 0 Å². The standard InChI is InChI=1S/C12H20ClN3S/c1-14-7-9-5-3-4-6-16(2)11(9)12-15-8-10(13)17-12/h8-9,11,14H,3-7H2,1-2H3. The van der Waals surface area contributed by atoms with Crippen molar-refractivity contribution >= 4 is 22.9 Å². The fourth-order valence-corrected chi connectivity index (χ4v) is 3.88. The van der Waals surface area contributed by atoms with Gasteiger partial charge in [0.1, 0.15) is 9.34 Å². The molecule has 5 heteroatoms. The molecule has 0 aliphatic carbocycles. The molecule has 3 nitrogen and oxygen atoms in total. The topological polar surface area (TPSA) is 28.2 Å². The third kappa shape index (κ3) is 3.19. The Labute approximate surface area is 112 Å². The molecule has 96 valence electrons. The highest BCUT2D eigenvalue weighted by Crippen LogP contribution is 2.36. The number of halogens is 1. The van der Waals surface area contributed by atoms with Gasteiger partial charge in [0.25, 0.3) is 0 Å². The Kier molecular flexibility index (Phi) is 4.79. The third-order valence-electron chi connectivity index (χ3n) is 3.47. The van der Waals surface area contributed by atoms with E-state index in [1.165, 1.54) is 24.3 Å². The second-order valence-corrected chi connectivity index (χ2v) is 6.44. The molecule has 1 N–H and O–H groups in total. The summed E-state index contributed by atoms with van der Waals surface area (Å²) < 4.78 is 0.792. The van der Waals surface area contributed by atoms with Crippen molar-refractivity contribution in [3.8, 4) is 0 Å². The smallest absolute Gasteiger partial charge is 0.113 e. The van der Waals surface area contributed by atoms with E-state index in [1.807, 2.05) is 7.05 Å². The number of rotatable bonds is 3. The van der Waals surface area contributed by atoms with Crippen LogP contribution in [0.2, 0.25) is 4.34 Å². The molecule has 2 unspecified atom stereocenters. The van der Waals surface area contributed by atoms with Crippen LogP contribution >= 0.6 is 22.9 Å². The van der Waals surface area contributed by atoms with Gasteiger partial charge in [-0.2, -0.15) is 0 Å². The monoisotopic (exact) mass is 273 g/mol. The van der Waals surface area contributed by atoms with Crippen LogP contribution in [0.1, 0.15) is 30.3 Å². The van der Waals surface area contributed by atoms with Crippen molar-refractivity contribution in [3.05, 3.63) is 15.5 Å². The zero-order chi connectivity index (χ0) is 12.3. The molecule has 1 aliphatic heterocycles. The zero-order valence-corrected chi connectivity index (χ0v) is 12.0. The van der Waals surface area contributed by atoms with Gasteiger partial charge < -0.3 is 5.32 Å². The Bertz CT molecular complexity index is 355. The van der Waals surface area contributed by atoms with Gasteiger partial charge in [-0.15, -0.1) is 11.3 Å². The number of likely N-dealkylation sites (tertiary alicyclic amines) is 1. The van der Waals surface area contributed by atoms with Crippen molar-refractivity contribution in [2.24, 2.45) is 5.92 Å². The van der Waals surface area contributed by atoms with Crippen LogP contribution in [0.4, 0.5) is 0 Å². The van der Waals surface area contributed by atoms with Crippen LogP contribution in [-0.2, 0) is 0 Å². The van der Waals surface area contributed by atoms with E-state index >= 15 is 0 Å². The molecule has 1 aromatic heterocycles. The molecule has 0 aromatic carbocycles. The highest BCUT2D eigenvalue weighted by Gasteiger charge is 2.30. The summed E-state index contributed by atoms with van der Waals surface area (Å²) in [7, 11) is 4.23. The maximum absolute atomic E-state index is 6.01. The number of hydrogen-bond acceptors (Lipinski definition) is 4. The number of hydrogen-bond donors (Lipinski definition) is 1. The average Bonchev–Trinajstić information content (AvgIpc) is 2.62. The molecular formula is C12H20ClN3S. The van der Waals surface area contributed by atoms with E-state index in [2.05, 4.69) is 22.2 Å². The minimum atomic E-state index is 0.419. The molecule has 2 heterocycles. The lowest BCUT2D eigenvalue weighted by molar-refractivity contribution is 0.190. The lowest BCUT2D eigenvalue weighted by Gasteiger charge is -2.30. The van der Waals surface area contributed by atoms with E-state index in [0.717, 1.165) is 17.4 Å². The van der Waals surface area contributed by atoms with Crippen molar-refractivity contribution in [2.75, 3.05) is 27.2 Å². The van der Waals surface area contributed by atoms with Crippen LogP contribution in [0.25, 0.3) is 0 Å². The molecule has 17 heavy (non-hydrogen) atoms. The molecule has 1 aliphatic rings. The molecule has 0 spiro atoms. The second-order valence-electron chi connectivity index (χ2n) is 4.74. The lowest BCUT2D eigenvalue weighted by Crippen LogP contribution is -2.33. The van der Waals surface area contributed by atoms with Crippen LogP contribution in [-0.4, -0.2) is 37.1 Å². The molecule has 0 bridgehead atoms. The van der Waals surface area contributed by atoms with E-state index in [0.29, 0.717) is 12.0 Å². The quantitative estimate of drug-likeness (QED) is 0.918. The molecule has 1 aromatic rings. The summed E-state index contributed by atoms with van der Waals surface area (Å²) in [6.07, 6.45) is 5.64. The normalized spacial score (nSPS) is 27.0. The lowest BCUT2D eigenvalue weighted by atomic mass is 9.95. The molecule has 1 saturated heterocycles. The van der Waals surface area contributed by atoms with Gasteiger partial charge in [0.2, 0.25) is 0 Å². The fourth-order valence-electron chi connectivity index (χ4n) is 2.69. The van der Waals surface area contributed by atoms with Crippen LogP contribution in [0.15, 0.2) is 6.20 Å². The first-order valence-electron chi connectivity index (χ1n) is 6.18. The van der Waals surface area contributed by atoms with Crippen LogP contribution in [0.5, 0.6) is 0 Å². The summed E-state index contributed by atoms with van der Waals surface area (Å²) in [6.45, 7) is 2.20. The third-order valence-corrected chi connectivity index (χ3v) is 4.66. The number of nitrogens with zero attached hydrogens (tertiary/aromatic N) is 2. The molecule has 1 fully saturated rings. The summed E-state index contributed by atoms with van der Waals surface area (Å²) in [4.78, 5) is 6.92. The summed E-state index contributed by atoms with van der Waals surface area (Å²) in [5, 5.41) is 4.48. The van der Waals surface area contributed by atoms with Gasteiger partial charge in [0.15, 0.2) is 0 Å². The maximum atomic E-state index is 6.01. The average molecular weight is 274 g/mol. The van der Waals surface area contributed by atoms with E-state index in [4.69, 9.17) is 11.6 Å². The Balaban J connectivity index is 2.22. The Morgan fingerprint density at radius 3 is 3.06 bits per heavy atom. The summed E-state index contributed by atoms with van der Waals surface area (Å²) >= 11 is 7.64. The summed E-state index contributed by atoms with van der Waals surface area (Å²) in [6, 6.07) is 0.419. The number of thiazole rings is 1. The summed E-state index contributed by atoms with van der Waals surface area (Å²) in [5.74, 6) is 0.634. The predicted octanol–water partition coefficient (Wildman–Crippen LogP) is 2.79. The van der Waals surface area contributed by atoms with Gasteiger partial charge >= 0.3 is 0 Å². The minimum absolute atomic E-state index is 0.419. The van der Waals surface area contributed by atoms with E-state index in [1.54, 1.807) is 17.5 Å². The SMILES string of the molecule is CNCC1CCCCN(C)C1c1ncc(Cl)s1. The Hall–Kier alpha value is -0.160. The van der Waals surface area contributed by atoms with E-state index in [-0.39, 0.29) is 0 Å². The molecule has 2 rings (SSSR count). The first-order valence-corrected chi connectivity index (χ1v) is 7.38. The largest absolute Gasteiger partial charge is 0.319 e. The van der Waals surface area contributed by atoms with Gasteiger partial charge in [-0.05, 0) is 45.9 Å². The molecule has 0 amide bonds. The highest BCUT2D eigenvalue weighted by atomic mass is 35.5. The van der Waals surface area contributed by atoms with Gasteiger partial charge in [-0.3, -0.25) is 4.90 Å². The Morgan fingerprint density at radius 2 is 2.41 bits per heavy atom. The van der Waals surface area contributed by atoms with E-state index in [9.17, 15) is 0 Å². The van der Waals surface area contributed by atoms with Crippen molar-refractivity contribution in [2.45, 2.75) is 25.3 Å². The molecule has 0 radical (unpaired) electrons. The minimum Gasteiger partial charge on any atom is -0.319 e. The number of nitrogens with one attached hydrogen (secondary N) is 1. The van der Waals surface area contributed by atoms with Crippen LogP contribution < -0.4 is 5.32 Å². The van der Waals surface area contributed by atoms with Gasteiger partial charge in [-0.1, -0.05) is 18.0 Å². The first kappa shape index (κ1) is 13.3. The second kappa shape index (κ2) is 6.14. The van der Waals surface area contributed by atoms with Crippen LogP contribution in [0, 0.1) is 5.92 Å². The first-order chi connectivity index (χ1) is 8.22. The van der Waals surface area contributed by atoms with Gasteiger partial charge in [-0.25, -0.2) is 4.98 Å². The highest BCUT2D eigenvalue weighted by molar-refractivity contribution is 7.15. The van der Waals surface area contributed by atoms with Crippen molar-refractivity contribution < 1.29 is 0 Å². The number of aromatic nitrogens is 1. The Morgan fingerprint density at radius 1 is 1.59 bits per heavy atom. The molecule has 2 atom stereocenters.